The Kier molecular flexibility index (Phi) is 5.61. The molecular weight excluding hydrogens is 373 g/mol. The number of benzene rings is 2. The molecule has 0 unspecified atom stereocenters. The number of carbonyl (C=O) groups is 1. The van der Waals surface area contributed by atoms with Gasteiger partial charge in [0.05, 0.1) is 28.4 Å². The van der Waals surface area contributed by atoms with Crippen LogP contribution in [0.15, 0.2) is 60.8 Å². The number of nitrogens with zero attached hydrogens (tertiary/aromatic N) is 1. The summed E-state index contributed by atoms with van der Waals surface area (Å²) >= 11 is 12.1. The minimum absolute atomic E-state index is 0.344. The molecule has 2 N–H and O–H groups in total. The van der Waals surface area contributed by atoms with Crippen LogP contribution in [-0.2, 0) is 0 Å². The number of amides is 1. The third-order valence-corrected chi connectivity index (χ3v) is 4.22. The van der Waals surface area contributed by atoms with Crippen LogP contribution in [0.1, 0.15) is 10.4 Å². The maximum absolute atomic E-state index is 12.4. The van der Waals surface area contributed by atoms with Gasteiger partial charge in [-0.2, -0.15) is 0 Å². The lowest BCUT2D eigenvalue weighted by Gasteiger charge is -2.10. The summed E-state index contributed by atoms with van der Waals surface area (Å²) in [5.41, 5.74) is 1.63. The molecular formula is C19H15Cl2N3O2. The Morgan fingerprint density at radius 1 is 1.00 bits per heavy atom. The molecule has 3 aromatic rings. The van der Waals surface area contributed by atoms with Crippen molar-refractivity contribution in [1.82, 2.24) is 4.98 Å². The number of nitrogens with one attached hydrogen (secondary N) is 2. The van der Waals surface area contributed by atoms with Gasteiger partial charge in [-0.15, -0.1) is 0 Å². The highest BCUT2D eigenvalue weighted by atomic mass is 35.5. The van der Waals surface area contributed by atoms with Crippen molar-refractivity contribution >= 4 is 46.3 Å². The number of hydrogen-bond acceptors (Lipinski definition) is 4. The van der Waals surface area contributed by atoms with Crippen molar-refractivity contribution in [1.29, 1.82) is 0 Å². The SMILES string of the molecule is COc1ccc(Nc2ccc(C(=O)Nc3c(Cl)cccc3Cl)cn2)cc1. The second-order valence-electron chi connectivity index (χ2n) is 5.34. The molecule has 0 saturated carbocycles. The van der Waals surface area contributed by atoms with E-state index in [9.17, 15) is 4.79 Å². The second kappa shape index (κ2) is 8.08. The predicted molar refractivity (Wildman–Crippen MR) is 105 cm³/mol. The van der Waals surface area contributed by atoms with Gasteiger partial charge in [0.1, 0.15) is 11.6 Å². The van der Waals surface area contributed by atoms with E-state index in [2.05, 4.69) is 15.6 Å². The van der Waals surface area contributed by atoms with Gasteiger partial charge in [-0.05, 0) is 48.5 Å². The summed E-state index contributed by atoms with van der Waals surface area (Å²) in [4.78, 5) is 16.6. The van der Waals surface area contributed by atoms with Gasteiger partial charge in [-0.25, -0.2) is 4.98 Å². The normalized spacial score (nSPS) is 10.3. The number of carbonyl (C=O) groups excluding carboxylic acids is 1. The third-order valence-electron chi connectivity index (χ3n) is 3.59. The van der Waals surface area contributed by atoms with E-state index in [1.54, 1.807) is 37.4 Å². The van der Waals surface area contributed by atoms with E-state index in [4.69, 9.17) is 27.9 Å². The van der Waals surface area contributed by atoms with Crippen molar-refractivity contribution in [2.75, 3.05) is 17.7 Å². The minimum Gasteiger partial charge on any atom is -0.497 e. The molecule has 0 saturated heterocycles. The quantitative estimate of drug-likeness (QED) is 0.615. The third kappa shape index (κ3) is 4.25. The van der Waals surface area contributed by atoms with Gasteiger partial charge in [0, 0.05) is 11.9 Å². The molecule has 132 valence electrons. The number of rotatable bonds is 5. The average molecular weight is 388 g/mol. The molecule has 0 radical (unpaired) electrons. The van der Waals surface area contributed by atoms with E-state index in [1.165, 1.54) is 6.20 Å². The topological polar surface area (TPSA) is 63.2 Å². The van der Waals surface area contributed by atoms with Gasteiger partial charge < -0.3 is 15.4 Å². The summed E-state index contributed by atoms with van der Waals surface area (Å²) in [5, 5.41) is 6.59. The monoisotopic (exact) mass is 387 g/mol. The summed E-state index contributed by atoms with van der Waals surface area (Å²) in [5.74, 6) is 1.04. The first-order valence-corrected chi connectivity index (χ1v) is 8.45. The van der Waals surface area contributed by atoms with E-state index in [-0.39, 0.29) is 5.91 Å². The van der Waals surface area contributed by atoms with Crippen LogP contribution in [0, 0.1) is 0 Å². The highest BCUT2D eigenvalue weighted by molar-refractivity contribution is 6.40. The Morgan fingerprint density at radius 3 is 2.27 bits per heavy atom. The number of anilines is 3. The van der Waals surface area contributed by atoms with Gasteiger partial charge in [-0.1, -0.05) is 29.3 Å². The summed E-state index contributed by atoms with van der Waals surface area (Å²) in [6.45, 7) is 0. The van der Waals surface area contributed by atoms with Gasteiger partial charge in [0.15, 0.2) is 0 Å². The molecule has 1 aromatic heterocycles. The van der Waals surface area contributed by atoms with Crippen LogP contribution in [0.5, 0.6) is 5.75 Å². The lowest BCUT2D eigenvalue weighted by Crippen LogP contribution is -2.13. The van der Waals surface area contributed by atoms with Gasteiger partial charge >= 0.3 is 0 Å². The van der Waals surface area contributed by atoms with Crippen LogP contribution in [0.4, 0.5) is 17.2 Å². The molecule has 0 atom stereocenters. The number of para-hydroxylation sites is 1. The van der Waals surface area contributed by atoms with Gasteiger partial charge in [0.2, 0.25) is 0 Å². The first-order valence-electron chi connectivity index (χ1n) is 7.69. The number of hydrogen-bond donors (Lipinski definition) is 2. The van der Waals surface area contributed by atoms with Crippen LogP contribution in [-0.4, -0.2) is 18.0 Å². The molecule has 26 heavy (non-hydrogen) atoms. The lowest BCUT2D eigenvalue weighted by atomic mass is 10.2. The zero-order chi connectivity index (χ0) is 18.5. The Morgan fingerprint density at radius 2 is 1.69 bits per heavy atom. The zero-order valence-corrected chi connectivity index (χ0v) is 15.3. The van der Waals surface area contributed by atoms with Crippen molar-refractivity contribution < 1.29 is 9.53 Å². The molecule has 0 spiro atoms. The Labute approximate surface area is 160 Å². The molecule has 3 rings (SSSR count). The van der Waals surface area contributed by atoms with Crippen LogP contribution < -0.4 is 15.4 Å². The van der Waals surface area contributed by atoms with Crippen molar-refractivity contribution in [3.8, 4) is 5.75 Å². The number of ether oxygens (including phenoxy) is 1. The highest BCUT2D eigenvalue weighted by Gasteiger charge is 2.12. The number of halogens is 2. The maximum Gasteiger partial charge on any atom is 0.257 e. The van der Waals surface area contributed by atoms with E-state index in [0.29, 0.717) is 27.1 Å². The van der Waals surface area contributed by atoms with Crippen molar-refractivity contribution in [3.05, 3.63) is 76.4 Å². The molecule has 2 aromatic carbocycles. The number of methoxy groups -OCH3 is 1. The fourth-order valence-corrected chi connectivity index (χ4v) is 2.72. The van der Waals surface area contributed by atoms with Crippen LogP contribution >= 0.6 is 23.2 Å². The zero-order valence-electron chi connectivity index (χ0n) is 13.8. The second-order valence-corrected chi connectivity index (χ2v) is 6.15. The molecule has 1 amide bonds. The smallest absolute Gasteiger partial charge is 0.257 e. The van der Waals surface area contributed by atoms with Crippen molar-refractivity contribution in [2.45, 2.75) is 0 Å². The highest BCUT2D eigenvalue weighted by Crippen LogP contribution is 2.30. The Hall–Kier alpha value is -2.76. The van der Waals surface area contributed by atoms with E-state index < -0.39 is 0 Å². The molecule has 0 fully saturated rings. The molecule has 0 aliphatic rings. The standard InChI is InChI=1S/C19H15Cl2N3O2/c1-26-14-8-6-13(7-9-14)23-17-10-5-12(11-22-17)19(25)24-18-15(20)3-2-4-16(18)21/h2-11H,1H3,(H,22,23)(H,24,25). The number of pyridine rings is 1. The lowest BCUT2D eigenvalue weighted by molar-refractivity contribution is 0.102. The summed E-state index contributed by atoms with van der Waals surface area (Å²) in [7, 11) is 1.61. The van der Waals surface area contributed by atoms with Crippen molar-refractivity contribution in [2.24, 2.45) is 0 Å². The van der Waals surface area contributed by atoms with E-state index in [0.717, 1.165) is 11.4 Å². The molecule has 0 bridgehead atoms. The van der Waals surface area contributed by atoms with Crippen LogP contribution in [0.3, 0.4) is 0 Å². The first-order chi connectivity index (χ1) is 12.6. The Bertz CT molecular complexity index is 893. The van der Waals surface area contributed by atoms with Crippen LogP contribution in [0.25, 0.3) is 0 Å². The average Bonchev–Trinajstić information content (AvgIpc) is 2.66. The fourth-order valence-electron chi connectivity index (χ4n) is 2.23. The molecule has 5 nitrogen and oxygen atoms in total. The summed E-state index contributed by atoms with van der Waals surface area (Å²) in [6, 6.07) is 15.8. The molecule has 1 heterocycles. The van der Waals surface area contributed by atoms with E-state index >= 15 is 0 Å². The first kappa shape index (κ1) is 18.0. The summed E-state index contributed by atoms with van der Waals surface area (Å²) < 4.78 is 5.12. The summed E-state index contributed by atoms with van der Waals surface area (Å²) in [6.07, 6.45) is 1.48. The van der Waals surface area contributed by atoms with Gasteiger partial charge in [-0.3, -0.25) is 4.79 Å². The predicted octanol–water partition coefficient (Wildman–Crippen LogP) is 5.39. The largest absolute Gasteiger partial charge is 0.497 e. The maximum atomic E-state index is 12.4. The minimum atomic E-state index is -0.344. The molecule has 7 heteroatoms. The Balaban J connectivity index is 1.69. The van der Waals surface area contributed by atoms with E-state index in [1.807, 2.05) is 24.3 Å². The van der Waals surface area contributed by atoms with Crippen LogP contribution in [0.2, 0.25) is 10.0 Å². The van der Waals surface area contributed by atoms with Crippen molar-refractivity contribution in [3.63, 3.8) is 0 Å². The molecule has 0 aliphatic heterocycles. The van der Waals surface area contributed by atoms with Gasteiger partial charge in [0.25, 0.3) is 5.91 Å². The molecule has 0 aliphatic carbocycles. The number of aromatic nitrogens is 1. The fraction of sp³-hybridized carbons (Fsp3) is 0.0526.